The molecule has 1 aliphatic rings. The first-order valence-corrected chi connectivity index (χ1v) is 11.5. The van der Waals surface area contributed by atoms with Crippen molar-refractivity contribution in [2.45, 2.75) is 46.6 Å². The quantitative estimate of drug-likeness (QED) is 0.451. The Labute approximate surface area is 194 Å². The minimum atomic E-state index is -0.0368. The summed E-state index contributed by atoms with van der Waals surface area (Å²) in [5, 5.41) is 9.53. The first kappa shape index (κ1) is 21.2. The minimum Gasteiger partial charge on any atom is -0.336 e. The number of hydrogen-bond acceptors (Lipinski definition) is 3. The topological polar surface area (TPSA) is 56.0 Å². The second-order valence-corrected chi connectivity index (χ2v) is 8.93. The maximum absolute atomic E-state index is 13.5. The summed E-state index contributed by atoms with van der Waals surface area (Å²) in [7, 11) is 1.85. The van der Waals surface area contributed by atoms with Crippen LogP contribution < -0.4 is 0 Å². The standard InChI is InChI=1S/C27H29N5O/c1-18-13-15-22(16-14-18)32-25-12-8-11-23(25)26(29-32)27(33)30(4)17-24-19(2)28-31(20(24)3)21-9-6-5-7-10-21/h5-7,9-10,13-16H,8,11-12,17H2,1-4H3. The van der Waals surface area contributed by atoms with Gasteiger partial charge in [0.25, 0.3) is 5.91 Å². The average Bonchev–Trinajstić information content (AvgIpc) is 3.50. The summed E-state index contributed by atoms with van der Waals surface area (Å²) in [6, 6.07) is 18.4. The highest BCUT2D eigenvalue weighted by molar-refractivity contribution is 5.94. The van der Waals surface area contributed by atoms with Crippen LogP contribution in [0.25, 0.3) is 11.4 Å². The van der Waals surface area contributed by atoms with Gasteiger partial charge in [-0.05, 0) is 64.3 Å². The van der Waals surface area contributed by atoms with Crippen molar-refractivity contribution in [3.8, 4) is 11.4 Å². The molecule has 0 aliphatic heterocycles. The van der Waals surface area contributed by atoms with Gasteiger partial charge in [0.1, 0.15) is 0 Å². The van der Waals surface area contributed by atoms with Crippen LogP contribution in [-0.4, -0.2) is 37.4 Å². The number of carbonyl (C=O) groups excluding carboxylic acids is 1. The summed E-state index contributed by atoms with van der Waals surface area (Å²) >= 11 is 0. The first-order valence-electron chi connectivity index (χ1n) is 11.5. The Morgan fingerprint density at radius 3 is 2.33 bits per heavy atom. The Kier molecular flexibility index (Phi) is 5.36. The van der Waals surface area contributed by atoms with E-state index in [2.05, 4.69) is 38.1 Å². The van der Waals surface area contributed by atoms with Gasteiger partial charge in [0.15, 0.2) is 5.69 Å². The number of aromatic nitrogens is 4. The molecule has 2 aromatic carbocycles. The number of benzene rings is 2. The number of rotatable bonds is 5. The summed E-state index contributed by atoms with van der Waals surface area (Å²) in [4.78, 5) is 15.3. The summed E-state index contributed by atoms with van der Waals surface area (Å²) in [6.45, 7) is 6.63. The zero-order valence-electron chi connectivity index (χ0n) is 19.7. The van der Waals surface area contributed by atoms with Gasteiger partial charge in [0.05, 0.1) is 17.1 Å². The monoisotopic (exact) mass is 439 g/mol. The molecule has 6 nitrogen and oxygen atoms in total. The lowest BCUT2D eigenvalue weighted by molar-refractivity contribution is 0.0777. The van der Waals surface area contributed by atoms with Crippen molar-refractivity contribution >= 4 is 5.91 Å². The molecule has 0 bridgehead atoms. The van der Waals surface area contributed by atoms with E-state index in [1.54, 1.807) is 4.90 Å². The molecule has 33 heavy (non-hydrogen) atoms. The normalized spacial score (nSPS) is 12.7. The molecule has 0 spiro atoms. The molecule has 1 amide bonds. The highest BCUT2D eigenvalue weighted by Crippen LogP contribution is 2.29. The van der Waals surface area contributed by atoms with Gasteiger partial charge in [-0.1, -0.05) is 35.9 Å². The Morgan fingerprint density at radius 2 is 1.61 bits per heavy atom. The molecular weight excluding hydrogens is 410 g/mol. The fourth-order valence-corrected chi connectivity index (χ4v) is 4.72. The van der Waals surface area contributed by atoms with Crippen molar-refractivity contribution in [3.05, 3.63) is 94.1 Å². The van der Waals surface area contributed by atoms with Gasteiger partial charge in [-0.15, -0.1) is 0 Å². The number of aryl methyl sites for hydroxylation is 2. The third-order valence-electron chi connectivity index (χ3n) is 6.60. The number of fused-ring (bicyclic) bond motifs is 1. The van der Waals surface area contributed by atoms with Crippen LogP contribution in [0.4, 0.5) is 0 Å². The van der Waals surface area contributed by atoms with Gasteiger partial charge in [-0.2, -0.15) is 10.2 Å². The van der Waals surface area contributed by atoms with Gasteiger partial charge in [-0.3, -0.25) is 4.79 Å². The van der Waals surface area contributed by atoms with Crippen molar-refractivity contribution in [2.75, 3.05) is 7.05 Å². The van der Waals surface area contributed by atoms with Gasteiger partial charge in [0, 0.05) is 36.1 Å². The van der Waals surface area contributed by atoms with Crippen LogP contribution in [0.5, 0.6) is 0 Å². The van der Waals surface area contributed by atoms with E-state index in [4.69, 9.17) is 10.2 Å². The van der Waals surface area contributed by atoms with Gasteiger partial charge >= 0.3 is 0 Å². The van der Waals surface area contributed by atoms with Gasteiger partial charge in [-0.25, -0.2) is 9.36 Å². The molecule has 0 N–H and O–H groups in total. The molecule has 4 aromatic rings. The van der Waals surface area contributed by atoms with Crippen LogP contribution in [0.2, 0.25) is 0 Å². The van der Waals surface area contributed by atoms with Crippen LogP contribution in [-0.2, 0) is 19.4 Å². The zero-order valence-corrected chi connectivity index (χ0v) is 19.7. The number of para-hydroxylation sites is 1. The third kappa shape index (κ3) is 3.75. The largest absolute Gasteiger partial charge is 0.336 e. The Morgan fingerprint density at radius 1 is 0.909 bits per heavy atom. The number of hydrogen-bond donors (Lipinski definition) is 0. The second kappa shape index (κ2) is 8.35. The fourth-order valence-electron chi connectivity index (χ4n) is 4.72. The predicted octanol–water partition coefficient (Wildman–Crippen LogP) is 4.74. The zero-order chi connectivity index (χ0) is 23.1. The van der Waals surface area contributed by atoms with Crippen LogP contribution >= 0.6 is 0 Å². The Balaban J connectivity index is 1.44. The van der Waals surface area contributed by atoms with Gasteiger partial charge < -0.3 is 4.90 Å². The number of carbonyl (C=O) groups is 1. The van der Waals surface area contributed by atoms with Gasteiger partial charge in [0.2, 0.25) is 0 Å². The molecule has 2 aromatic heterocycles. The number of nitrogens with zero attached hydrogens (tertiary/aromatic N) is 5. The number of amides is 1. The Bertz CT molecular complexity index is 1320. The van der Waals surface area contributed by atoms with E-state index in [9.17, 15) is 4.79 Å². The molecule has 0 unspecified atom stereocenters. The van der Waals surface area contributed by atoms with Crippen LogP contribution in [0.1, 0.15) is 50.7 Å². The highest BCUT2D eigenvalue weighted by atomic mass is 16.2. The van der Waals surface area contributed by atoms with Crippen molar-refractivity contribution in [1.29, 1.82) is 0 Å². The second-order valence-electron chi connectivity index (χ2n) is 8.93. The molecule has 0 saturated carbocycles. The molecule has 0 atom stereocenters. The molecule has 2 heterocycles. The van der Waals surface area contributed by atoms with E-state index in [-0.39, 0.29) is 5.91 Å². The smallest absolute Gasteiger partial charge is 0.274 e. The molecule has 6 heteroatoms. The average molecular weight is 440 g/mol. The lowest BCUT2D eigenvalue weighted by Crippen LogP contribution is -2.28. The lowest BCUT2D eigenvalue weighted by atomic mass is 10.1. The predicted molar refractivity (Wildman–Crippen MR) is 129 cm³/mol. The summed E-state index contributed by atoms with van der Waals surface area (Å²) in [5.74, 6) is -0.0368. The first-order chi connectivity index (χ1) is 15.9. The van der Waals surface area contributed by atoms with E-state index in [0.29, 0.717) is 12.2 Å². The summed E-state index contributed by atoms with van der Waals surface area (Å²) in [6.07, 6.45) is 2.92. The highest BCUT2D eigenvalue weighted by Gasteiger charge is 2.29. The van der Waals surface area contributed by atoms with Crippen LogP contribution in [0.15, 0.2) is 54.6 Å². The van der Waals surface area contributed by atoms with Crippen molar-refractivity contribution in [1.82, 2.24) is 24.5 Å². The van der Waals surface area contributed by atoms with Crippen molar-refractivity contribution in [2.24, 2.45) is 0 Å². The molecule has 168 valence electrons. The minimum absolute atomic E-state index is 0.0368. The van der Waals surface area contributed by atoms with E-state index in [1.807, 2.05) is 53.7 Å². The summed E-state index contributed by atoms with van der Waals surface area (Å²) in [5.41, 5.74) is 9.14. The van der Waals surface area contributed by atoms with E-state index >= 15 is 0 Å². The molecule has 0 radical (unpaired) electrons. The molecule has 1 aliphatic carbocycles. The molecular formula is C27H29N5O. The lowest BCUT2D eigenvalue weighted by Gasteiger charge is -2.17. The van der Waals surface area contributed by atoms with Crippen molar-refractivity contribution < 1.29 is 4.79 Å². The van der Waals surface area contributed by atoms with E-state index in [0.717, 1.165) is 53.2 Å². The van der Waals surface area contributed by atoms with E-state index in [1.165, 1.54) is 11.3 Å². The Hall–Kier alpha value is -3.67. The van der Waals surface area contributed by atoms with E-state index < -0.39 is 0 Å². The SMILES string of the molecule is Cc1ccc(-n2nc(C(=O)N(C)Cc3c(C)nn(-c4ccccc4)c3C)c3c2CCC3)cc1. The van der Waals surface area contributed by atoms with Crippen LogP contribution in [0.3, 0.4) is 0 Å². The fraction of sp³-hybridized carbons (Fsp3) is 0.296. The maximum atomic E-state index is 13.5. The maximum Gasteiger partial charge on any atom is 0.274 e. The molecule has 0 saturated heterocycles. The molecule has 5 rings (SSSR count). The molecule has 0 fully saturated rings. The van der Waals surface area contributed by atoms with Crippen molar-refractivity contribution in [3.63, 3.8) is 0 Å². The van der Waals surface area contributed by atoms with Crippen LogP contribution in [0, 0.1) is 20.8 Å². The third-order valence-corrected chi connectivity index (χ3v) is 6.60. The summed E-state index contributed by atoms with van der Waals surface area (Å²) < 4.78 is 3.92.